The van der Waals surface area contributed by atoms with Gasteiger partial charge in [0, 0.05) is 49.2 Å². The van der Waals surface area contributed by atoms with Crippen molar-refractivity contribution in [3.63, 3.8) is 0 Å². The monoisotopic (exact) mass is 669 g/mol. The lowest BCUT2D eigenvalue weighted by atomic mass is 10.1. The Bertz CT molecular complexity index is 1740. The maximum absolute atomic E-state index is 13.4. The first-order valence-corrected chi connectivity index (χ1v) is 15.9. The molecule has 1 aliphatic rings. The molecule has 5 rings (SSSR count). The second-order valence-corrected chi connectivity index (χ2v) is 12.1. The van der Waals surface area contributed by atoms with Crippen LogP contribution in [0.15, 0.2) is 71.1 Å². The number of alkyl halides is 3. The van der Waals surface area contributed by atoms with Gasteiger partial charge in [-0.25, -0.2) is 10.4 Å². The lowest BCUT2D eigenvalue weighted by Crippen LogP contribution is -2.30. The molecule has 0 bridgehead atoms. The van der Waals surface area contributed by atoms with Crippen molar-refractivity contribution in [2.24, 2.45) is 5.10 Å². The molecule has 46 heavy (non-hydrogen) atoms. The molecule has 2 amide bonds. The summed E-state index contributed by atoms with van der Waals surface area (Å²) < 4.78 is 39.8. The van der Waals surface area contributed by atoms with Crippen molar-refractivity contribution in [1.29, 1.82) is 0 Å². The molecular formula is C33H31ClF3N5O3S. The molecule has 1 aliphatic heterocycles. The Kier molecular flexibility index (Phi) is 10.7. The number of hydrogen-bond donors (Lipinski definition) is 3. The van der Waals surface area contributed by atoms with Gasteiger partial charge in [0.15, 0.2) is 0 Å². The van der Waals surface area contributed by atoms with Crippen LogP contribution < -0.4 is 15.6 Å². The van der Waals surface area contributed by atoms with Crippen LogP contribution in [-0.2, 0) is 19.0 Å². The zero-order valence-corrected chi connectivity index (χ0v) is 26.2. The summed E-state index contributed by atoms with van der Waals surface area (Å²) in [6.45, 7) is 1.68. The SMILES string of the molecule is O=C(Nc1ccc(N2CCCCC2)cc1C(=O)NN=Cc1ccc(Cl)c(C(F)(F)F)c1)c1cccc(Cc2nc(CCO)cs2)c1. The quantitative estimate of drug-likeness (QED) is 0.125. The van der Waals surface area contributed by atoms with Gasteiger partial charge >= 0.3 is 6.18 Å². The van der Waals surface area contributed by atoms with Gasteiger partial charge in [-0.3, -0.25) is 9.59 Å². The molecule has 240 valence electrons. The first-order chi connectivity index (χ1) is 22.1. The van der Waals surface area contributed by atoms with E-state index in [1.807, 2.05) is 17.5 Å². The van der Waals surface area contributed by atoms with Gasteiger partial charge in [0.05, 0.1) is 38.8 Å². The molecule has 1 aromatic heterocycles. The summed E-state index contributed by atoms with van der Waals surface area (Å²) in [5, 5.41) is 18.2. The highest BCUT2D eigenvalue weighted by Crippen LogP contribution is 2.35. The minimum absolute atomic E-state index is 0.0232. The lowest BCUT2D eigenvalue weighted by Gasteiger charge is -2.29. The van der Waals surface area contributed by atoms with Crippen molar-refractivity contribution in [1.82, 2.24) is 10.4 Å². The molecule has 1 fully saturated rings. The molecule has 1 saturated heterocycles. The van der Waals surface area contributed by atoms with Crippen LogP contribution >= 0.6 is 22.9 Å². The van der Waals surface area contributed by atoms with Gasteiger partial charge in [-0.05, 0) is 72.9 Å². The lowest BCUT2D eigenvalue weighted by molar-refractivity contribution is -0.137. The Balaban J connectivity index is 1.35. The van der Waals surface area contributed by atoms with E-state index in [-0.39, 0.29) is 23.4 Å². The van der Waals surface area contributed by atoms with Gasteiger partial charge in [-0.2, -0.15) is 18.3 Å². The van der Waals surface area contributed by atoms with E-state index in [0.29, 0.717) is 18.4 Å². The number of hydrogen-bond acceptors (Lipinski definition) is 7. The third-order valence-electron chi connectivity index (χ3n) is 7.40. The number of nitrogens with one attached hydrogen (secondary N) is 2. The number of nitrogens with zero attached hydrogens (tertiary/aromatic N) is 3. The molecule has 4 aromatic rings. The summed E-state index contributed by atoms with van der Waals surface area (Å²) in [5.74, 6) is -1.07. The fraction of sp³-hybridized carbons (Fsp3) is 0.273. The molecule has 0 aliphatic carbocycles. The molecule has 0 spiro atoms. The van der Waals surface area contributed by atoms with Crippen molar-refractivity contribution >= 4 is 52.3 Å². The fourth-order valence-electron chi connectivity index (χ4n) is 5.10. The van der Waals surface area contributed by atoms with Crippen molar-refractivity contribution in [3.05, 3.63) is 110 Å². The maximum Gasteiger partial charge on any atom is 0.417 e. The minimum Gasteiger partial charge on any atom is -0.396 e. The van der Waals surface area contributed by atoms with E-state index in [0.717, 1.165) is 72.7 Å². The van der Waals surface area contributed by atoms with Gasteiger partial charge < -0.3 is 15.3 Å². The molecule has 8 nitrogen and oxygen atoms in total. The third-order valence-corrected chi connectivity index (χ3v) is 8.63. The summed E-state index contributed by atoms with van der Waals surface area (Å²) in [4.78, 5) is 33.4. The van der Waals surface area contributed by atoms with Crippen LogP contribution in [0.25, 0.3) is 0 Å². The van der Waals surface area contributed by atoms with E-state index in [2.05, 4.69) is 25.7 Å². The van der Waals surface area contributed by atoms with E-state index in [1.54, 1.807) is 30.3 Å². The van der Waals surface area contributed by atoms with Crippen LogP contribution in [0.1, 0.15) is 67.4 Å². The number of amides is 2. The zero-order valence-electron chi connectivity index (χ0n) is 24.6. The molecule has 0 saturated carbocycles. The van der Waals surface area contributed by atoms with Crippen LogP contribution in [0.2, 0.25) is 5.02 Å². The zero-order chi connectivity index (χ0) is 32.7. The number of aliphatic hydroxyl groups is 1. The first kappa shape index (κ1) is 33.1. The number of hydrazone groups is 1. The number of anilines is 2. The molecule has 2 heterocycles. The summed E-state index contributed by atoms with van der Waals surface area (Å²) in [5.41, 5.74) is 4.75. The number of thiazole rings is 1. The van der Waals surface area contributed by atoms with Gasteiger partial charge in [0.25, 0.3) is 11.8 Å². The van der Waals surface area contributed by atoms with Gasteiger partial charge in [-0.1, -0.05) is 29.8 Å². The molecule has 0 unspecified atom stereocenters. The Hall–Kier alpha value is -4.26. The number of rotatable bonds is 10. The summed E-state index contributed by atoms with van der Waals surface area (Å²) in [6, 6.07) is 15.6. The first-order valence-electron chi connectivity index (χ1n) is 14.6. The maximum atomic E-state index is 13.4. The second kappa shape index (κ2) is 14.9. The highest BCUT2D eigenvalue weighted by molar-refractivity contribution is 7.09. The molecule has 0 radical (unpaired) electrons. The van der Waals surface area contributed by atoms with Crippen LogP contribution in [0.5, 0.6) is 0 Å². The Morgan fingerprint density at radius 1 is 1.04 bits per heavy atom. The van der Waals surface area contributed by atoms with Gasteiger partial charge in [0.2, 0.25) is 0 Å². The van der Waals surface area contributed by atoms with Crippen molar-refractivity contribution in [2.75, 3.05) is 29.9 Å². The molecule has 0 atom stereocenters. The highest BCUT2D eigenvalue weighted by Gasteiger charge is 2.33. The fourth-order valence-corrected chi connectivity index (χ4v) is 6.18. The minimum atomic E-state index is -4.64. The number of piperidine rings is 1. The summed E-state index contributed by atoms with van der Waals surface area (Å²) >= 11 is 7.19. The van der Waals surface area contributed by atoms with Crippen molar-refractivity contribution in [2.45, 2.75) is 38.3 Å². The number of carbonyl (C=O) groups is 2. The van der Waals surface area contributed by atoms with Crippen LogP contribution in [0, 0.1) is 0 Å². The molecule has 13 heteroatoms. The number of aromatic nitrogens is 1. The van der Waals surface area contributed by atoms with Gasteiger partial charge in [-0.15, -0.1) is 11.3 Å². The Morgan fingerprint density at radius 2 is 1.85 bits per heavy atom. The van der Waals surface area contributed by atoms with E-state index in [4.69, 9.17) is 16.7 Å². The van der Waals surface area contributed by atoms with Crippen LogP contribution in [-0.4, -0.2) is 47.8 Å². The van der Waals surface area contributed by atoms with Crippen molar-refractivity contribution < 1.29 is 27.9 Å². The smallest absolute Gasteiger partial charge is 0.396 e. The second-order valence-electron chi connectivity index (χ2n) is 10.8. The third kappa shape index (κ3) is 8.51. The van der Waals surface area contributed by atoms with Crippen molar-refractivity contribution in [3.8, 4) is 0 Å². The number of aliphatic hydroxyl groups excluding tert-OH is 1. The van der Waals surface area contributed by atoms with E-state index < -0.39 is 28.6 Å². The Labute approximate surface area is 272 Å². The number of benzene rings is 3. The summed E-state index contributed by atoms with van der Waals surface area (Å²) in [6.07, 6.45) is 0.616. The van der Waals surface area contributed by atoms with E-state index in [1.165, 1.54) is 17.4 Å². The summed E-state index contributed by atoms with van der Waals surface area (Å²) in [7, 11) is 0. The van der Waals surface area contributed by atoms with Crippen LogP contribution in [0.4, 0.5) is 24.5 Å². The molecule has 3 aromatic carbocycles. The molecular weight excluding hydrogens is 639 g/mol. The number of carbonyl (C=O) groups excluding carboxylic acids is 2. The standard InChI is InChI=1S/C33H31ClF3N5O3S/c34-28-9-7-22(16-27(28)33(35,36)37)19-38-41-32(45)26-18-25(42-12-2-1-3-13-42)8-10-29(26)40-31(44)23-6-4-5-21(15-23)17-30-39-24(11-14-43)20-46-30/h4-10,15-16,18-20,43H,1-3,11-14,17H2,(H,40,44)(H,41,45). The van der Waals surface area contributed by atoms with E-state index >= 15 is 0 Å². The predicted octanol–water partition coefficient (Wildman–Crippen LogP) is 6.95. The van der Waals surface area contributed by atoms with E-state index in [9.17, 15) is 22.8 Å². The van der Waals surface area contributed by atoms with Crippen LogP contribution in [0.3, 0.4) is 0 Å². The Morgan fingerprint density at radius 3 is 2.61 bits per heavy atom. The predicted molar refractivity (Wildman–Crippen MR) is 174 cm³/mol. The van der Waals surface area contributed by atoms with Gasteiger partial charge in [0.1, 0.15) is 0 Å². The highest BCUT2D eigenvalue weighted by atomic mass is 35.5. The largest absolute Gasteiger partial charge is 0.417 e. The average molecular weight is 670 g/mol. The topological polar surface area (TPSA) is 107 Å². The number of halogens is 4. The average Bonchev–Trinajstić information content (AvgIpc) is 3.48. The normalized spacial score (nSPS) is 13.6. The molecule has 3 N–H and O–H groups in total.